The SMILES string of the molecule is Cc1cccc([C@@H]2CCC[C@H]2O)c1. The Bertz CT molecular complexity index is 293. The van der Waals surface area contributed by atoms with E-state index in [-0.39, 0.29) is 6.10 Å². The van der Waals surface area contributed by atoms with Crippen molar-refractivity contribution in [2.24, 2.45) is 0 Å². The average Bonchev–Trinajstić information content (AvgIpc) is 2.51. The zero-order chi connectivity index (χ0) is 9.26. The van der Waals surface area contributed by atoms with E-state index in [4.69, 9.17) is 0 Å². The van der Waals surface area contributed by atoms with Crippen LogP contribution in [0, 0.1) is 6.92 Å². The lowest BCUT2D eigenvalue weighted by atomic mass is 9.95. The molecule has 1 aromatic rings. The topological polar surface area (TPSA) is 20.2 Å². The molecule has 1 saturated carbocycles. The molecule has 0 amide bonds. The molecule has 1 aromatic carbocycles. The number of aliphatic hydroxyl groups is 1. The second-order valence-electron chi connectivity index (χ2n) is 4.02. The van der Waals surface area contributed by atoms with E-state index >= 15 is 0 Å². The molecule has 1 nitrogen and oxygen atoms in total. The number of hydrogen-bond donors (Lipinski definition) is 1. The van der Waals surface area contributed by atoms with E-state index < -0.39 is 0 Å². The minimum atomic E-state index is -0.109. The Hall–Kier alpha value is -0.820. The third-order valence-corrected chi connectivity index (χ3v) is 2.95. The molecule has 1 fully saturated rings. The molecule has 0 aromatic heterocycles. The lowest BCUT2D eigenvalue weighted by Gasteiger charge is -2.14. The maximum absolute atomic E-state index is 9.73. The van der Waals surface area contributed by atoms with Crippen molar-refractivity contribution in [1.82, 2.24) is 0 Å². The van der Waals surface area contributed by atoms with Crippen LogP contribution in [-0.4, -0.2) is 11.2 Å². The Morgan fingerprint density at radius 2 is 2.15 bits per heavy atom. The van der Waals surface area contributed by atoms with Gasteiger partial charge in [0.2, 0.25) is 0 Å². The van der Waals surface area contributed by atoms with Crippen LogP contribution in [0.5, 0.6) is 0 Å². The first-order chi connectivity index (χ1) is 6.27. The van der Waals surface area contributed by atoms with E-state index in [0.29, 0.717) is 5.92 Å². The molecule has 13 heavy (non-hydrogen) atoms. The summed E-state index contributed by atoms with van der Waals surface area (Å²) in [5.41, 5.74) is 2.60. The lowest BCUT2D eigenvalue weighted by Crippen LogP contribution is -2.10. The van der Waals surface area contributed by atoms with E-state index in [2.05, 4.69) is 31.2 Å². The standard InChI is InChI=1S/C12H16O/c1-9-4-2-5-10(8-9)11-6-3-7-12(11)13/h2,4-5,8,11-13H,3,6-7H2,1H3/t11-,12+/m0/s1. The molecule has 0 spiro atoms. The van der Waals surface area contributed by atoms with Gasteiger partial charge in [-0.3, -0.25) is 0 Å². The third-order valence-electron chi connectivity index (χ3n) is 2.95. The van der Waals surface area contributed by atoms with Crippen molar-refractivity contribution in [3.63, 3.8) is 0 Å². The Morgan fingerprint density at radius 1 is 1.31 bits per heavy atom. The molecule has 1 heteroatoms. The number of rotatable bonds is 1. The molecule has 1 aliphatic carbocycles. The second kappa shape index (κ2) is 3.51. The normalized spacial score (nSPS) is 27.8. The molecule has 0 heterocycles. The smallest absolute Gasteiger partial charge is 0.0608 e. The summed E-state index contributed by atoms with van der Waals surface area (Å²) in [5.74, 6) is 0.389. The predicted octanol–water partition coefficient (Wildman–Crippen LogP) is 2.62. The van der Waals surface area contributed by atoms with Crippen LogP contribution in [0.25, 0.3) is 0 Å². The van der Waals surface area contributed by atoms with Gasteiger partial charge in [0.1, 0.15) is 0 Å². The van der Waals surface area contributed by atoms with Crippen molar-refractivity contribution in [1.29, 1.82) is 0 Å². The quantitative estimate of drug-likeness (QED) is 0.697. The van der Waals surface area contributed by atoms with E-state index in [1.807, 2.05) is 0 Å². The number of aryl methyl sites for hydroxylation is 1. The van der Waals surface area contributed by atoms with E-state index in [9.17, 15) is 5.11 Å². The zero-order valence-corrected chi connectivity index (χ0v) is 8.03. The molecule has 1 aliphatic rings. The zero-order valence-electron chi connectivity index (χ0n) is 8.03. The summed E-state index contributed by atoms with van der Waals surface area (Å²) >= 11 is 0. The molecule has 1 N–H and O–H groups in total. The molecular formula is C12H16O. The number of benzene rings is 1. The van der Waals surface area contributed by atoms with Crippen molar-refractivity contribution in [2.45, 2.75) is 38.2 Å². The Kier molecular flexibility index (Phi) is 2.36. The first-order valence-corrected chi connectivity index (χ1v) is 5.02. The fraction of sp³-hybridized carbons (Fsp3) is 0.500. The molecule has 0 radical (unpaired) electrons. The Balaban J connectivity index is 2.24. The van der Waals surface area contributed by atoms with Crippen LogP contribution >= 0.6 is 0 Å². The summed E-state index contributed by atoms with van der Waals surface area (Å²) in [5, 5.41) is 9.73. The van der Waals surface area contributed by atoms with Gasteiger partial charge >= 0.3 is 0 Å². The van der Waals surface area contributed by atoms with Gasteiger partial charge < -0.3 is 5.11 Å². The molecule has 70 valence electrons. The van der Waals surface area contributed by atoms with Crippen LogP contribution < -0.4 is 0 Å². The summed E-state index contributed by atoms with van der Waals surface area (Å²) in [6, 6.07) is 8.51. The molecule has 0 unspecified atom stereocenters. The van der Waals surface area contributed by atoms with E-state index in [1.54, 1.807) is 0 Å². The summed E-state index contributed by atoms with van der Waals surface area (Å²) in [7, 11) is 0. The number of hydrogen-bond acceptors (Lipinski definition) is 1. The highest BCUT2D eigenvalue weighted by molar-refractivity contribution is 5.27. The van der Waals surface area contributed by atoms with Crippen LogP contribution in [0.3, 0.4) is 0 Å². The number of aliphatic hydroxyl groups excluding tert-OH is 1. The Labute approximate surface area is 79.4 Å². The molecule has 2 atom stereocenters. The predicted molar refractivity (Wildman–Crippen MR) is 53.8 cm³/mol. The molecule has 0 saturated heterocycles. The monoisotopic (exact) mass is 176 g/mol. The van der Waals surface area contributed by atoms with Gasteiger partial charge in [0.25, 0.3) is 0 Å². The van der Waals surface area contributed by atoms with Crippen LogP contribution in [0.1, 0.15) is 36.3 Å². The largest absolute Gasteiger partial charge is 0.392 e. The van der Waals surface area contributed by atoms with Gasteiger partial charge in [-0.15, -0.1) is 0 Å². The fourth-order valence-electron chi connectivity index (χ4n) is 2.23. The van der Waals surface area contributed by atoms with Gasteiger partial charge in [-0.2, -0.15) is 0 Å². The highest BCUT2D eigenvalue weighted by Gasteiger charge is 2.26. The third kappa shape index (κ3) is 1.75. The summed E-state index contributed by atoms with van der Waals surface area (Å²) in [6.45, 7) is 2.10. The lowest BCUT2D eigenvalue weighted by molar-refractivity contribution is 0.164. The average molecular weight is 176 g/mol. The highest BCUT2D eigenvalue weighted by atomic mass is 16.3. The highest BCUT2D eigenvalue weighted by Crippen LogP contribution is 2.34. The van der Waals surface area contributed by atoms with Gasteiger partial charge in [0.05, 0.1) is 6.10 Å². The first kappa shape index (κ1) is 8.76. The minimum Gasteiger partial charge on any atom is -0.392 e. The first-order valence-electron chi connectivity index (χ1n) is 5.02. The minimum absolute atomic E-state index is 0.109. The van der Waals surface area contributed by atoms with Crippen LogP contribution in [-0.2, 0) is 0 Å². The molecular weight excluding hydrogens is 160 g/mol. The fourth-order valence-corrected chi connectivity index (χ4v) is 2.23. The van der Waals surface area contributed by atoms with Crippen LogP contribution in [0.15, 0.2) is 24.3 Å². The summed E-state index contributed by atoms with van der Waals surface area (Å²) in [6.07, 6.45) is 3.17. The van der Waals surface area contributed by atoms with Crippen LogP contribution in [0.2, 0.25) is 0 Å². The maximum atomic E-state index is 9.73. The van der Waals surface area contributed by atoms with Gasteiger partial charge in [-0.1, -0.05) is 36.2 Å². The van der Waals surface area contributed by atoms with Gasteiger partial charge in [0, 0.05) is 5.92 Å². The van der Waals surface area contributed by atoms with E-state index in [0.717, 1.165) is 12.8 Å². The second-order valence-corrected chi connectivity index (χ2v) is 4.02. The Morgan fingerprint density at radius 3 is 2.77 bits per heavy atom. The van der Waals surface area contributed by atoms with Gasteiger partial charge in [0.15, 0.2) is 0 Å². The van der Waals surface area contributed by atoms with Crippen molar-refractivity contribution in [2.75, 3.05) is 0 Å². The molecule has 0 bridgehead atoms. The molecule has 0 aliphatic heterocycles. The van der Waals surface area contributed by atoms with E-state index in [1.165, 1.54) is 17.5 Å². The molecule has 2 rings (SSSR count). The van der Waals surface area contributed by atoms with Gasteiger partial charge in [-0.25, -0.2) is 0 Å². The van der Waals surface area contributed by atoms with Crippen molar-refractivity contribution in [3.8, 4) is 0 Å². The van der Waals surface area contributed by atoms with Crippen LogP contribution in [0.4, 0.5) is 0 Å². The maximum Gasteiger partial charge on any atom is 0.0608 e. The summed E-state index contributed by atoms with van der Waals surface area (Å²) < 4.78 is 0. The van der Waals surface area contributed by atoms with Crippen molar-refractivity contribution < 1.29 is 5.11 Å². The van der Waals surface area contributed by atoms with Crippen molar-refractivity contribution in [3.05, 3.63) is 35.4 Å². The van der Waals surface area contributed by atoms with Gasteiger partial charge in [-0.05, 0) is 25.3 Å². The summed E-state index contributed by atoms with van der Waals surface area (Å²) in [4.78, 5) is 0. The van der Waals surface area contributed by atoms with Crippen molar-refractivity contribution >= 4 is 0 Å².